The lowest BCUT2D eigenvalue weighted by Gasteiger charge is -2.18. The van der Waals surface area contributed by atoms with E-state index in [9.17, 15) is 35.2 Å². The summed E-state index contributed by atoms with van der Waals surface area (Å²) < 4.78 is 88.8. The van der Waals surface area contributed by atoms with Gasteiger partial charge >= 0.3 is 12.1 Å². The van der Waals surface area contributed by atoms with E-state index in [1.807, 2.05) is 0 Å². The molecule has 1 saturated heterocycles. The molecule has 0 aromatic heterocycles. The number of aliphatic carboxylic acids is 1. The van der Waals surface area contributed by atoms with Gasteiger partial charge in [0.2, 0.25) is 10.0 Å². The van der Waals surface area contributed by atoms with E-state index in [1.165, 1.54) is 0 Å². The molecule has 1 N–H and O–H groups in total. The number of benzene rings is 1. The molecule has 1 aliphatic rings. The number of carbonyl (C=O) groups is 1. The highest BCUT2D eigenvalue weighted by Crippen LogP contribution is 2.39. The molecule has 1 aromatic rings. The summed E-state index contributed by atoms with van der Waals surface area (Å²) in [6.07, 6.45) is -7.69. The first-order chi connectivity index (χ1) is 10.9. The maximum absolute atomic E-state index is 12.9. The fourth-order valence-electron chi connectivity index (χ4n) is 2.48. The lowest BCUT2D eigenvalue weighted by atomic mass is 9.96. The van der Waals surface area contributed by atoms with Gasteiger partial charge in [-0.05, 0) is 12.1 Å². The minimum absolute atomic E-state index is 0.418. The second-order valence-electron chi connectivity index (χ2n) is 5.28. The third-order valence-corrected chi connectivity index (χ3v) is 5.64. The van der Waals surface area contributed by atoms with Crippen LogP contribution in [0.1, 0.15) is 12.0 Å². The lowest BCUT2D eigenvalue weighted by Crippen LogP contribution is -2.34. The van der Waals surface area contributed by atoms with Crippen molar-refractivity contribution in [3.8, 4) is 0 Å². The van der Waals surface area contributed by atoms with Crippen molar-refractivity contribution in [2.24, 2.45) is 11.8 Å². The molecular weight excluding hydrogens is 361 g/mol. The van der Waals surface area contributed by atoms with Crippen LogP contribution in [0, 0.1) is 11.8 Å². The third kappa shape index (κ3) is 3.51. The lowest BCUT2D eigenvalue weighted by molar-refractivity contribution is -0.187. The highest BCUT2D eigenvalue weighted by Gasteiger charge is 2.54. The summed E-state index contributed by atoms with van der Waals surface area (Å²) in [5.74, 6) is -5.99. The standard InChI is InChI=1S/C13H12F5NO4S/c14-11(15)7-1-3-8(4-2-7)24(22,23)19-5-9(12(20)21)10(6-19)13(16,17)18/h1-4,9-11H,5-6H2,(H,20,21)/t9-,10-/m1/s1. The van der Waals surface area contributed by atoms with Gasteiger partial charge in [0.05, 0.1) is 16.7 Å². The largest absolute Gasteiger partial charge is 0.481 e. The Bertz CT molecular complexity index is 717. The predicted octanol–water partition coefficient (Wildman–Crippen LogP) is 2.51. The Morgan fingerprint density at radius 2 is 1.71 bits per heavy atom. The smallest absolute Gasteiger partial charge is 0.393 e. The number of hydrogen-bond acceptors (Lipinski definition) is 3. The molecule has 2 atom stereocenters. The van der Waals surface area contributed by atoms with E-state index in [2.05, 4.69) is 0 Å². The van der Waals surface area contributed by atoms with Crippen LogP contribution in [-0.2, 0) is 14.8 Å². The van der Waals surface area contributed by atoms with Crippen molar-refractivity contribution >= 4 is 16.0 Å². The van der Waals surface area contributed by atoms with Crippen molar-refractivity contribution in [3.05, 3.63) is 29.8 Å². The van der Waals surface area contributed by atoms with Gasteiger partial charge in [-0.2, -0.15) is 17.5 Å². The van der Waals surface area contributed by atoms with Gasteiger partial charge in [-0.25, -0.2) is 17.2 Å². The molecule has 1 aromatic carbocycles. The molecule has 0 spiro atoms. The minimum atomic E-state index is -4.87. The molecule has 5 nitrogen and oxygen atoms in total. The zero-order chi connectivity index (χ0) is 18.3. The van der Waals surface area contributed by atoms with Crippen LogP contribution in [0.3, 0.4) is 0 Å². The monoisotopic (exact) mass is 373 g/mol. The number of hydrogen-bond donors (Lipinski definition) is 1. The first kappa shape index (κ1) is 18.6. The van der Waals surface area contributed by atoms with Crippen LogP contribution in [0.5, 0.6) is 0 Å². The molecule has 0 amide bonds. The maximum atomic E-state index is 12.9. The van der Waals surface area contributed by atoms with Crippen molar-refractivity contribution in [1.82, 2.24) is 4.31 Å². The predicted molar refractivity (Wildman–Crippen MR) is 70.8 cm³/mol. The van der Waals surface area contributed by atoms with Crippen molar-refractivity contribution in [1.29, 1.82) is 0 Å². The Balaban J connectivity index is 2.31. The van der Waals surface area contributed by atoms with Gasteiger partial charge in [-0.15, -0.1) is 0 Å². The summed E-state index contributed by atoms with van der Waals surface area (Å²) >= 11 is 0. The van der Waals surface area contributed by atoms with E-state index in [0.29, 0.717) is 4.31 Å². The Kier molecular flexibility index (Phi) is 4.86. The second kappa shape index (κ2) is 6.28. The summed E-state index contributed by atoms with van der Waals surface area (Å²) in [7, 11) is -4.42. The number of nitrogens with zero attached hydrogens (tertiary/aromatic N) is 1. The molecule has 1 fully saturated rings. The zero-order valence-corrected chi connectivity index (χ0v) is 12.7. The molecule has 0 unspecified atom stereocenters. The fourth-order valence-corrected chi connectivity index (χ4v) is 3.97. The van der Waals surface area contributed by atoms with Crippen molar-refractivity contribution in [2.45, 2.75) is 17.5 Å². The Labute approximate surface area is 133 Å². The average Bonchev–Trinajstić information content (AvgIpc) is 2.93. The van der Waals surface area contributed by atoms with Gasteiger partial charge < -0.3 is 5.11 Å². The quantitative estimate of drug-likeness (QED) is 0.823. The van der Waals surface area contributed by atoms with E-state index in [-0.39, 0.29) is 0 Å². The summed E-state index contributed by atoms with van der Waals surface area (Å²) in [4.78, 5) is 10.5. The highest BCUT2D eigenvalue weighted by atomic mass is 32.2. The minimum Gasteiger partial charge on any atom is -0.481 e. The molecule has 134 valence electrons. The number of carboxylic acids is 1. The van der Waals surface area contributed by atoms with Gasteiger partial charge in [0.25, 0.3) is 6.43 Å². The van der Waals surface area contributed by atoms with Gasteiger partial charge in [-0.1, -0.05) is 12.1 Å². The first-order valence-electron chi connectivity index (χ1n) is 6.62. The van der Waals surface area contributed by atoms with Crippen LogP contribution in [0.25, 0.3) is 0 Å². The summed E-state index contributed by atoms with van der Waals surface area (Å²) in [6, 6.07) is 3.41. The van der Waals surface area contributed by atoms with Crippen LogP contribution in [0.15, 0.2) is 29.2 Å². The Morgan fingerprint density at radius 1 is 1.17 bits per heavy atom. The number of sulfonamides is 1. The van der Waals surface area contributed by atoms with E-state index < -0.39 is 64.0 Å². The van der Waals surface area contributed by atoms with Gasteiger partial charge in [-0.3, -0.25) is 4.79 Å². The molecule has 0 saturated carbocycles. The molecule has 0 bridgehead atoms. The molecule has 1 aliphatic heterocycles. The van der Waals surface area contributed by atoms with Crippen molar-refractivity contribution in [2.75, 3.05) is 13.1 Å². The second-order valence-corrected chi connectivity index (χ2v) is 7.22. The van der Waals surface area contributed by atoms with Crippen LogP contribution < -0.4 is 0 Å². The van der Waals surface area contributed by atoms with Gasteiger partial charge in [0, 0.05) is 18.7 Å². The van der Waals surface area contributed by atoms with E-state index in [1.54, 1.807) is 0 Å². The number of alkyl halides is 5. The van der Waals surface area contributed by atoms with E-state index in [0.717, 1.165) is 24.3 Å². The molecular formula is C13H12F5NO4S. The SMILES string of the molecule is O=C(O)[C@@H]1CN(S(=O)(=O)c2ccc(C(F)F)cc2)C[C@H]1C(F)(F)F. The number of carboxylic acid groups (broad SMARTS) is 1. The zero-order valence-electron chi connectivity index (χ0n) is 11.9. The van der Waals surface area contributed by atoms with Crippen molar-refractivity contribution < 1.29 is 40.3 Å². The molecule has 0 aliphatic carbocycles. The Hall–Kier alpha value is -1.75. The molecule has 11 heteroatoms. The summed E-state index contributed by atoms with van der Waals surface area (Å²) in [5, 5.41) is 8.89. The van der Waals surface area contributed by atoms with Gasteiger partial charge in [0.15, 0.2) is 0 Å². The molecule has 1 heterocycles. The average molecular weight is 373 g/mol. The van der Waals surface area contributed by atoms with E-state index in [4.69, 9.17) is 5.11 Å². The third-order valence-electron chi connectivity index (χ3n) is 3.79. The normalized spacial score (nSPS) is 22.9. The summed E-state index contributed by atoms with van der Waals surface area (Å²) in [5.41, 5.74) is -0.438. The fraction of sp³-hybridized carbons (Fsp3) is 0.462. The van der Waals surface area contributed by atoms with Gasteiger partial charge in [0.1, 0.15) is 0 Å². The van der Waals surface area contributed by atoms with Crippen LogP contribution in [-0.4, -0.2) is 43.1 Å². The maximum Gasteiger partial charge on any atom is 0.393 e. The number of rotatable bonds is 4. The molecule has 0 radical (unpaired) electrons. The summed E-state index contributed by atoms with van der Waals surface area (Å²) in [6.45, 7) is -1.86. The first-order valence-corrected chi connectivity index (χ1v) is 8.06. The van der Waals surface area contributed by atoms with Crippen LogP contribution >= 0.6 is 0 Å². The van der Waals surface area contributed by atoms with Crippen LogP contribution in [0.4, 0.5) is 22.0 Å². The highest BCUT2D eigenvalue weighted by molar-refractivity contribution is 7.89. The van der Waals surface area contributed by atoms with Crippen molar-refractivity contribution in [3.63, 3.8) is 0 Å². The number of halogens is 5. The topological polar surface area (TPSA) is 74.7 Å². The van der Waals surface area contributed by atoms with Crippen LogP contribution in [0.2, 0.25) is 0 Å². The molecule has 24 heavy (non-hydrogen) atoms. The van der Waals surface area contributed by atoms with E-state index >= 15 is 0 Å². The Morgan fingerprint density at radius 3 is 2.08 bits per heavy atom. The molecule has 2 rings (SSSR count).